The molecule has 2 aromatic carbocycles. The van der Waals surface area contributed by atoms with Crippen LogP contribution in [0, 0.1) is 5.82 Å². The number of fused-ring (bicyclic) bond motifs is 2. The van der Waals surface area contributed by atoms with E-state index in [-0.39, 0.29) is 12.7 Å². The first-order valence-electron chi connectivity index (χ1n) is 15.2. The lowest BCUT2D eigenvalue weighted by Gasteiger charge is -2.54. The van der Waals surface area contributed by atoms with Crippen molar-refractivity contribution >= 4 is 34.4 Å². The molecule has 2 saturated heterocycles. The molecule has 3 aliphatic rings. The van der Waals surface area contributed by atoms with Crippen molar-refractivity contribution < 1.29 is 28.1 Å². The van der Waals surface area contributed by atoms with Gasteiger partial charge >= 0.3 is 5.97 Å². The lowest BCUT2D eigenvalue weighted by atomic mass is 9.81. The number of carbonyl (C=O) groups is 1. The molecule has 4 aromatic rings. The van der Waals surface area contributed by atoms with E-state index in [1.807, 2.05) is 18.2 Å². The van der Waals surface area contributed by atoms with Gasteiger partial charge in [-0.3, -0.25) is 4.90 Å². The Hall–Kier alpha value is -3.93. The van der Waals surface area contributed by atoms with Crippen LogP contribution in [0.5, 0.6) is 11.6 Å². The molecule has 2 aliphatic heterocycles. The van der Waals surface area contributed by atoms with E-state index in [9.17, 15) is 9.18 Å². The zero-order valence-corrected chi connectivity index (χ0v) is 26.0. The Morgan fingerprint density at radius 3 is 2.62 bits per heavy atom. The summed E-state index contributed by atoms with van der Waals surface area (Å²) < 4.78 is 38.8. The van der Waals surface area contributed by atoms with E-state index in [0.29, 0.717) is 53.0 Å². The Morgan fingerprint density at radius 2 is 1.91 bits per heavy atom. The lowest BCUT2D eigenvalue weighted by Crippen LogP contribution is -2.64. The van der Waals surface area contributed by atoms with Gasteiger partial charge in [-0.2, -0.15) is 4.98 Å². The summed E-state index contributed by atoms with van der Waals surface area (Å²) in [5.41, 5.74) is 2.41. The Morgan fingerprint density at radius 1 is 1.07 bits per heavy atom. The number of benzene rings is 2. The van der Waals surface area contributed by atoms with E-state index in [0.717, 1.165) is 61.6 Å². The fourth-order valence-corrected chi connectivity index (χ4v) is 6.67. The highest BCUT2D eigenvalue weighted by Crippen LogP contribution is 2.38. The molecular weight excluding hydrogens is 601 g/mol. The summed E-state index contributed by atoms with van der Waals surface area (Å²) in [6, 6.07) is 14.5. The number of ether oxygens (including phenoxy) is 4. The van der Waals surface area contributed by atoms with Crippen LogP contribution in [0.2, 0.25) is 5.02 Å². The molecule has 45 heavy (non-hydrogen) atoms. The maximum Gasteiger partial charge on any atom is 0.338 e. The fourth-order valence-electron chi connectivity index (χ4n) is 6.51. The number of hydrogen-bond donors (Lipinski definition) is 0. The second-order valence-electron chi connectivity index (χ2n) is 11.7. The van der Waals surface area contributed by atoms with Crippen LogP contribution in [0.1, 0.15) is 41.0 Å². The number of pyridine rings is 1. The number of aromatic nitrogens is 3. The number of hydrogen-bond acceptors (Lipinski definition) is 9. The zero-order valence-electron chi connectivity index (χ0n) is 25.2. The van der Waals surface area contributed by atoms with E-state index in [1.54, 1.807) is 31.4 Å². The first-order valence-corrected chi connectivity index (χ1v) is 15.6. The van der Waals surface area contributed by atoms with Gasteiger partial charge in [-0.05, 0) is 49.6 Å². The van der Waals surface area contributed by atoms with Crippen molar-refractivity contribution in [2.45, 2.75) is 57.1 Å². The summed E-state index contributed by atoms with van der Waals surface area (Å²) in [6.45, 7) is 3.77. The summed E-state index contributed by atoms with van der Waals surface area (Å²) in [4.78, 5) is 27.2. The van der Waals surface area contributed by atoms with E-state index < -0.39 is 11.8 Å². The Kier molecular flexibility index (Phi) is 8.24. The minimum Gasteiger partial charge on any atom is -0.494 e. The van der Waals surface area contributed by atoms with Crippen LogP contribution in [0.3, 0.4) is 0 Å². The van der Waals surface area contributed by atoms with Crippen LogP contribution in [0.4, 0.5) is 10.2 Å². The van der Waals surface area contributed by atoms with Gasteiger partial charge in [0.15, 0.2) is 0 Å². The quantitative estimate of drug-likeness (QED) is 0.217. The monoisotopic (exact) mass is 635 g/mol. The Balaban J connectivity index is 1.10. The molecule has 0 amide bonds. The van der Waals surface area contributed by atoms with Gasteiger partial charge in [0.2, 0.25) is 5.88 Å². The van der Waals surface area contributed by atoms with Gasteiger partial charge in [-0.25, -0.2) is 14.2 Å². The van der Waals surface area contributed by atoms with Gasteiger partial charge in [0, 0.05) is 48.4 Å². The van der Waals surface area contributed by atoms with Crippen molar-refractivity contribution in [3.8, 4) is 11.6 Å². The summed E-state index contributed by atoms with van der Waals surface area (Å²) in [5, 5.41) is 0.350. The molecule has 1 saturated carbocycles. The summed E-state index contributed by atoms with van der Waals surface area (Å²) in [7, 11) is 2.96. The molecule has 3 fully saturated rings. The maximum absolute atomic E-state index is 14.3. The molecule has 2 unspecified atom stereocenters. The van der Waals surface area contributed by atoms with Gasteiger partial charge in [0.1, 0.15) is 35.3 Å². The standard InChI is InChI=1S/C33H35ClFN5O5/c1-42-28-15-21(33(41)43-2)14-27-32(28)37-30(40(27)17-23-10-13-44-23)18-38-11-12-39(26-9-8-25(26)38)29-4-3-5-31(36-29)45-19-20-6-7-22(34)16-24(20)35/h3-7,14-16,23,25-26H,8-13,17-19H2,1-2H3/t23-,25?,26?/m0/s1. The fraction of sp³-hybridized carbons (Fsp3) is 0.424. The van der Waals surface area contributed by atoms with Crippen molar-refractivity contribution in [2.75, 3.05) is 38.8 Å². The van der Waals surface area contributed by atoms with Gasteiger partial charge in [0.25, 0.3) is 0 Å². The highest BCUT2D eigenvalue weighted by Gasteiger charge is 2.44. The van der Waals surface area contributed by atoms with E-state index in [4.69, 9.17) is 40.5 Å². The van der Waals surface area contributed by atoms with Crippen molar-refractivity contribution in [3.63, 3.8) is 0 Å². The Labute approximate surface area is 265 Å². The number of halogens is 2. The third-order valence-electron chi connectivity index (χ3n) is 9.16. The second kappa shape index (κ2) is 12.5. The highest BCUT2D eigenvalue weighted by atomic mass is 35.5. The molecule has 10 nitrogen and oxygen atoms in total. The van der Waals surface area contributed by atoms with Gasteiger partial charge < -0.3 is 28.4 Å². The number of methoxy groups -OCH3 is 2. The predicted octanol–water partition coefficient (Wildman–Crippen LogP) is 5.24. The molecule has 4 heterocycles. The van der Waals surface area contributed by atoms with Crippen LogP contribution >= 0.6 is 11.6 Å². The summed E-state index contributed by atoms with van der Waals surface area (Å²) in [6.07, 6.45) is 3.24. The molecule has 236 valence electrons. The van der Waals surface area contributed by atoms with Crippen molar-refractivity contribution in [1.82, 2.24) is 19.4 Å². The van der Waals surface area contributed by atoms with Crippen LogP contribution in [0.15, 0.2) is 48.5 Å². The SMILES string of the molecule is COC(=O)c1cc(OC)c2nc(CN3CCN(c4cccc(OCc5ccc(Cl)cc5F)n4)C4CCC43)n(C[C@@H]3CCO3)c2c1. The molecule has 12 heteroatoms. The number of esters is 1. The molecule has 3 atom stereocenters. The third-order valence-corrected chi connectivity index (χ3v) is 9.39. The average molecular weight is 636 g/mol. The van der Waals surface area contributed by atoms with Crippen molar-refractivity contribution in [3.05, 3.63) is 76.3 Å². The number of anilines is 1. The van der Waals surface area contributed by atoms with E-state index in [2.05, 4.69) is 14.4 Å². The van der Waals surface area contributed by atoms with E-state index >= 15 is 0 Å². The lowest BCUT2D eigenvalue weighted by molar-refractivity contribution is -0.0594. The highest BCUT2D eigenvalue weighted by molar-refractivity contribution is 6.30. The molecule has 0 N–H and O–H groups in total. The maximum atomic E-state index is 14.3. The van der Waals surface area contributed by atoms with E-state index in [1.165, 1.54) is 13.2 Å². The number of nitrogens with zero attached hydrogens (tertiary/aromatic N) is 5. The smallest absolute Gasteiger partial charge is 0.338 e. The molecule has 7 rings (SSSR count). The number of imidazole rings is 1. The molecule has 0 radical (unpaired) electrons. The molecule has 2 aromatic heterocycles. The summed E-state index contributed by atoms with van der Waals surface area (Å²) >= 11 is 5.88. The molecule has 0 spiro atoms. The van der Waals surface area contributed by atoms with Crippen LogP contribution in [-0.4, -0.2) is 77.5 Å². The average Bonchev–Trinajstić information content (AvgIpc) is 3.34. The predicted molar refractivity (Wildman–Crippen MR) is 167 cm³/mol. The molecule has 0 bridgehead atoms. The second-order valence-corrected chi connectivity index (χ2v) is 12.1. The Bertz CT molecular complexity index is 1730. The topological polar surface area (TPSA) is 91.2 Å². The minimum absolute atomic E-state index is 0.0676. The van der Waals surface area contributed by atoms with Gasteiger partial charge in [-0.15, -0.1) is 0 Å². The largest absolute Gasteiger partial charge is 0.494 e. The van der Waals surface area contributed by atoms with Crippen LogP contribution < -0.4 is 14.4 Å². The molecule has 1 aliphatic carbocycles. The first-order chi connectivity index (χ1) is 21.9. The van der Waals surface area contributed by atoms with Crippen molar-refractivity contribution in [1.29, 1.82) is 0 Å². The first kappa shape index (κ1) is 29.8. The minimum atomic E-state index is -0.418. The van der Waals surface area contributed by atoms with Gasteiger partial charge in [0.05, 0.1) is 44.5 Å². The molecular formula is C33H35ClFN5O5. The normalized spacial score (nSPS) is 21.2. The number of carbonyl (C=O) groups excluding carboxylic acids is 1. The van der Waals surface area contributed by atoms with Gasteiger partial charge in [-0.1, -0.05) is 23.7 Å². The number of piperazine rings is 1. The zero-order chi connectivity index (χ0) is 31.1. The van der Waals surface area contributed by atoms with Crippen molar-refractivity contribution in [2.24, 2.45) is 0 Å². The van der Waals surface area contributed by atoms with Crippen LogP contribution in [0.25, 0.3) is 11.0 Å². The third kappa shape index (κ3) is 5.80. The van der Waals surface area contributed by atoms with Crippen LogP contribution in [-0.2, 0) is 29.2 Å². The number of rotatable bonds is 10. The summed E-state index contributed by atoms with van der Waals surface area (Å²) in [5.74, 6) is 1.95.